The number of fused-ring (bicyclic) bond motifs is 4. The molecule has 2 aromatic carbocycles. The van der Waals surface area contributed by atoms with Gasteiger partial charge in [0.1, 0.15) is 5.82 Å². The molecule has 0 radical (unpaired) electrons. The lowest BCUT2D eigenvalue weighted by atomic mass is 9.76. The Morgan fingerprint density at radius 3 is 2.59 bits per heavy atom. The molecule has 29 heavy (non-hydrogen) atoms. The van der Waals surface area contributed by atoms with E-state index in [1.807, 2.05) is 60.4 Å². The minimum atomic E-state index is -0.492. The zero-order chi connectivity index (χ0) is 20.0. The SMILES string of the molecule is Cc1ccc(NC(=O)C2c3ccccc3C(=O)N3CCc4ccccc4C23)nc1. The minimum Gasteiger partial charge on any atom is -0.330 e. The van der Waals surface area contributed by atoms with Gasteiger partial charge < -0.3 is 10.2 Å². The van der Waals surface area contributed by atoms with Gasteiger partial charge in [0.2, 0.25) is 5.91 Å². The largest absolute Gasteiger partial charge is 0.330 e. The van der Waals surface area contributed by atoms with Crippen LogP contribution < -0.4 is 5.32 Å². The van der Waals surface area contributed by atoms with E-state index in [0.29, 0.717) is 17.9 Å². The molecule has 0 aliphatic carbocycles. The van der Waals surface area contributed by atoms with Gasteiger partial charge in [-0.15, -0.1) is 0 Å². The summed E-state index contributed by atoms with van der Waals surface area (Å²) in [5, 5.41) is 2.97. The van der Waals surface area contributed by atoms with Gasteiger partial charge >= 0.3 is 0 Å². The minimum absolute atomic E-state index is 0.00221. The first kappa shape index (κ1) is 17.6. The van der Waals surface area contributed by atoms with Crippen molar-refractivity contribution in [2.24, 2.45) is 0 Å². The zero-order valence-corrected chi connectivity index (χ0v) is 16.1. The highest BCUT2D eigenvalue weighted by atomic mass is 16.2. The van der Waals surface area contributed by atoms with Gasteiger partial charge in [-0.1, -0.05) is 48.5 Å². The summed E-state index contributed by atoms with van der Waals surface area (Å²) in [6.45, 7) is 2.57. The molecular formula is C24H21N3O2. The molecule has 2 aliphatic heterocycles. The van der Waals surface area contributed by atoms with Crippen molar-refractivity contribution >= 4 is 17.6 Å². The van der Waals surface area contributed by atoms with E-state index < -0.39 is 5.92 Å². The predicted octanol–water partition coefficient (Wildman–Crippen LogP) is 3.87. The number of nitrogens with one attached hydrogen (secondary N) is 1. The fourth-order valence-corrected chi connectivity index (χ4v) is 4.50. The number of anilines is 1. The molecule has 2 atom stereocenters. The maximum atomic E-state index is 13.5. The molecule has 0 fully saturated rings. The molecule has 0 saturated carbocycles. The normalized spacial score (nSPS) is 19.8. The molecule has 3 heterocycles. The Balaban J connectivity index is 1.62. The van der Waals surface area contributed by atoms with Crippen molar-refractivity contribution in [1.82, 2.24) is 9.88 Å². The average Bonchev–Trinajstić information content (AvgIpc) is 2.75. The van der Waals surface area contributed by atoms with Gasteiger partial charge in [-0.25, -0.2) is 4.98 Å². The van der Waals surface area contributed by atoms with Crippen molar-refractivity contribution in [3.8, 4) is 0 Å². The van der Waals surface area contributed by atoms with Gasteiger partial charge in [0.25, 0.3) is 5.91 Å². The number of carbonyl (C=O) groups is 2. The molecule has 5 rings (SSSR count). The predicted molar refractivity (Wildman–Crippen MR) is 111 cm³/mol. The van der Waals surface area contributed by atoms with E-state index in [4.69, 9.17) is 0 Å². The van der Waals surface area contributed by atoms with E-state index in [-0.39, 0.29) is 17.9 Å². The summed E-state index contributed by atoms with van der Waals surface area (Å²) in [6.07, 6.45) is 2.53. The van der Waals surface area contributed by atoms with Crippen LogP contribution >= 0.6 is 0 Å². The smallest absolute Gasteiger partial charge is 0.254 e. The second kappa shape index (κ2) is 6.85. The highest BCUT2D eigenvalue weighted by molar-refractivity contribution is 6.04. The number of amides is 2. The first-order chi connectivity index (χ1) is 14.1. The van der Waals surface area contributed by atoms with E-state index >= 15 is 0 Å². The molecule has 0 spiro atoms. The highest BCUT2D eigenvalue weighted by Gasteiger charge is 2.46. The van der Waals surface area contributed by atoms with Crippen molar-refractivity contribution in [3.05, 3.63) is 94.7 Å². The standard InChI is InChI=1S/C24H21N3O2/c1-15-10-11-20(25-14-15)26-23(28)21-18-8-4-5-9-19(18)24(29)27-13-12-16-6-2-3-7-17(16)22(21)27/h2-11,14,21-22H,12-13H2,1H3,(H,25,26,28). The highest BCUT2D eigenvalue weighted by Crippen LogP contribution is 2.46. The number of hydrogen-bond acceptors (Lipinski definition) is 3. The second-order valence-electron chi connectivity index (χ2n) is 7.67. The molecule has 3 aromatic rings. The molecule has 1 N–H and O–H groups in total. The fraction of sp³-hybridized carbons (Fsp3) is 0.208. The summed E-state index contributed by atoms with van der Waals surface area (Å²) in [4.78, 5) is 32.9. The molecule has 2 amide bonds. The number of hydrogen-bond donors (Lipinski definition) is 1. The van der Waals surface area contributed by atoms with E-state index in [9.17, 15) is 9.59 Å². The molecule has 0 saturated heterocycles. The molecule has 2 unspecified atom stereocenters. The van der Waals surface area contributed by atoms with Gasteiger partial charge in [-0.05, 0) is 47.7 Å². The molecule has 144 valence electrons. The van der Waals surface area contributed by atoms with Gasteiger partial charge in [-0.2, -0.15) is 0 Å². The molecule has 2 aliphatic rings. The maximum absolute atomic E-state index is 13.5. The monoisotopic (exact) mass is 383 g/mol. The van der Waals surface area contributed by atoms with Crippen LogP contribution in [0.25, 0.3) is 0 Å². The fourth-order valence-electron chi connectivity index (χ4n) is 4.50. The summed E-state index contributed by atoms with van der Waals surface area (Å²) >= 11 is 0. The lowest BCUT2D eigenvalue weighted by molar-refractivity contribution is -0.119. The van der Waals surface area contributed by atoms with Crippen molar-refractivity contribution in [3.63, 3.8) is 0 Å². The van der Waals surface area contributed by atoms with Crippen LogP contribution in [0.5, 0.6) is 0 Å². The lowest BCUT2D eigenvalue weighted by Crippen LogP contribution is -2.49. The molecule has 0 bridgehead atoms. The number of nitrogens with zero attached hydrogens (tertiary/aromatic N) is 2. The first-order valence-electron chi connectivity index (χ1n) is 9.85. The third-order valence-corrected chi connectivity index (χ3v) is 5.88. The quantitative estimate of drug-likeness (QED) is 0.731. The second-order valence-corrected chi connectivity index (χ2v) is 7.67. The summed E-state index contributed by atoms with van der Waals surface area (Å²) in [5.74, 6) is -0.121. The number of carbonyl (C=O) groups excluding carboxylic acids is 2. The summed E-state index contributed by atoms with van der Waals surface area (Å²) in [7, 11) is 0. The van der Waals surface area contributed by atoms with Crippen molar-refractivity contribution < 1.29 is 9.59 Å². The Hall–Kier alpha value is -3.47. The first-order valence-corrected chi connectivity index (χ1v) is 9.85. The molecule has 1 aromatic heterocycles. The van der Waals surface area contributed by atoms with Crippen molar-refractivity contribution in [2.45, 2.75) is 25.3 Å². The van der Waals surface area contributed by atoms with Crippen LogP contribution in [-0.4, -0.2) is 28.2 Å². The van der Waals surface area contributed by atoms with Crippen LogP contribution in [0.15, 0.2) is 66.9 Å². The zero-order valence-electron chi connectivity index (χ0n) is 16.1. The van der Waals surface area contributed by atoms with Crippen LogP contribution in [0.1, 0.15) is 44.6 Å². The average molecular weight is 383 g/mol. The van der Waals surface area contributed by atoms with Gasteiger partial charge in [-0.3, -0.25) is 9.59 Å². The van der Waals surface area contributed by atoms with Crippen LogP contribution in [0.3, 0.4) is 0 Å². The lowest BCUT2D eigenvalue weighted by Gasteiger charge is -2.45. The van der Waals surface area contributed by atoms with Crippen molar-refractivity contribution in [1.29, 1.82) is 0 Å². The van der Waals surface area contributed by atoms with Crippen molar-refractivity contribution in [2.75, 3.05) is 11.9 Å². The molecule has 5 nitrogen and oxygen atoms in total. The topological polar surface area (TPSA) is 62.3 Å². The Bertz CT molecular complexity index is 1110. The third kappa shape index (κ3) is 2.90. The Kier molecular flexibility index (Phi) is 4.16. The molecule has 5 heteroatoms. The summed E-state index contributed by atoms with van der Waals surface area (Å²) < 4.78 is 0. The Morgan fingerprint density at radius 2 is 1.79 bits per heavy atom. The van der Waals surface area contributed by atoms with Crippen LogP contribution in [0.2, 0.25) is 0 Å². The van der Waals surface area contributed by atoms with Gasteiger partial charge in [0.15, 0.2) is 0 Å². The van der Waals surface area contributed by atoms with E-state index in [2.05, 4.69) is 16.4 Å². The number of aromatic nitrogens is 1. The number of aryl methyl sites for hydroxylation is 1. The number of benzene rings is 2. The summed E-state index contributed by atoms with van der Waals surface area (Å²) in [6, 6.07) is 19.0. The Morgan fingerprint density at radius 1 is 1.03 bits per heavy atom. The van der Waals surface area contributed by atoms with E-state index in [1.54, 1.807) is 12.3 Å². The van der Waals surface area contributed by atoms with Crippen LogP contribution in [0.4, 0.5) is 5.82 Å². The third-order valence-electron chi connectivity index (χ3n) is 5.88. The van der Waals surface area contributed by atoms with Gasteiger partial charge in [0.05, 0.1) is 12.0 Å². The number of pyridine rings is 1. The maximum Gasteiger partial charge on any atom is 0.254 e. The van der Waals surface area contributed by atoms with Gasteiger partial charge in [0, 0.05) is 18.3 Å². The number of rotatable bonds is 2. The van der Waals surface area contributed by atoms with Crippen LogP contribution in [-0.2, 0) is 11.2 Å². The summed E-state index contributed by atoms with van der Waals surface area (Å²) in [5.41, 5.74) is 4.68. The molecular weight excluding hydrogens is 362 g/mol. The van der Waals surface area contributed by atoms with E-state index in [1.165, 1.54) is 5.56 Å². The van der Waals surface area contributed by atoms with E-state index in [0.717, 1.165) is 23.1 Å². The van der Waals surface area contributed by atoms with Crippen LogP contribution in [0, 0.1) is 6.92 Å². The Labute approximate surface area is 169 Å².